The van der Waals surface area contributed by atoms with Gasteiger partial charge in [-0.15, -0.1) is 10.2 Å². The molecule has 0 bridgehead atoms. The fraction of sp³-hybridized carbons (Fsp3) is 0.174. The maximum Gasteiger partial charge on any atom is 0.320 e. The number of furan rings is 1. The van der Waals surface area contributed by atoms with Crippen LogP contribution in [-0.2, 0) is 12.3 Å². The van der Waals surface area contributed by atoms with Gasteiger partial charge in [0.05, 0.1) is 29.6 Å². The minimum Gasteiger partial charge on any atom is -0.467 e. The van der Waals surface area contributed by atoms with Gasteiger partial charge >= 0.3 is 6.55 Å². The van der Waals surface area contributed by atoms with E-state index in [-0.39, 0.29) is 11.6 Å². The van der Waals surface area contributed by atoms with Crippen LogP contribution in [0.15, 0.2) is 76.5 Å². The van der Waals surface area contributed by atoms with Crippen molar-refractivity contribution in [1.82, 2.24) is 24.3 Å². The summed E-state index contributed by atoms with van der Waals surface area (Å²) in [4.78, 5) is 4.42. The smallest absolute Gasteiger partial charge is 0.320 e. The average Bonchev–Trinajstić information content (AvgIpc) is 3.51. The number of aromatic nitrogens is 5. The Labute approximate surface area is 186 Å². The topological polar surface area (TPSA) is 61.7 Å². The number of rotatable bonds is 7. The van der Waals surface area contributed by atoms with Crippen molar-refractivity contribution in [2.75, 3.05) is 0 Å². The van der Waals surface area contributed by atoms with Crippen LogP contribution in [-0.4, -0.2) is 24.3 Å². The van der Waals surface area contributed by atoms with E-state index < -0.39 is 6.55 Å². The zero-order valence-electron chi connectivity index (χ0n) is 17.2. The molecule has 0 atom stereocenters. The van der Waals surface area contributed by atoms with E-state index in [1.54, 1.807) is 30.5 Å². The number of thioether (sulfide) groups is 1. The largest absolute Gasteiger partial charge is 0.467 e. The van der Waals surface area contributed by atoms with E-state index in [0.717, 1.165) is 21.5 Å². The third kappa shape index (κ3) is 3.91. The van der Waals surface area contributed by atoms with Gasteiger partial charge in [-0.05, 0) is 37.3 Å². The standard InChI is InChI=1S/C23H19F2N5OS/c1-15-6-4-7-16(12-15)21-27-28-23(29(21)13-17-8-5-11-31-17)32-14-20-26-18-9-2-3-10-19(18)30(20)22(24)25/h2-12,22H,13-14H2,1H3. The van der Waals surface area contributed by atoms with Gasteiger partial charge in [-0.3, -0.25) is 9.13 Å². The van der Waals surface area contributed by atoms with E-state index in [0.29, 0.717) is 28.6 Å². The Balaban J connectivity index is 1.50. The molecule has 32 heavy (non-hydrogen) atoms. The van der Waals surface area contributed by atoms with Gasteiger partial charge in [0.1, 0.15) is 11.6 Å². The molecule has 5 rings (SSSR count). The number of aryl methyl sites for hydroxylation is 1. The van der Waals surface area contributed by atoms with Gasteiger partial charge < -0.3 is 4.42 Å². The molecule has 0 aliphatic heterocycles. The van der Waals surface area contributed by atoms with Crippen LogP contribution < -0.4 is 0 Å². The van der Waals surface area contributed by atoms with Crippen LogP contribution >= 0.6 is 11.8 Å². The van der Waals surface area contributed by atoms with Crippen LogP contribution in [0.4, 0.5) is 8.78 Å². The average molecular weight is 452 g/mol. The summed E-state index contributed by atoms with van der Waals surface area (Å²) in [5, 5.41) is 9.35. The van der Waals surface area contributed by atoms with E-state index in [4.69, 9.17) is 4.42 Å². The Morgan fingerprint density at radius 3 is 2.69 bits per heavy atom. The summed E-state index contributed by atoms with van der Waals surface area (Å²) in [7, 11) is 0. The van der Waals surface area contributed by atoms with Crippen LogP contribution in [0, 0.1) is 6.92 Å². The van der Waals surface area contributed by atoms with Gasteiger partial charge in [0, 0.05) is 5.56 Å². The maximum atomic E-state index is 13.8. The highest BCUT2D eigenvalue weighted by atomic mass is 32.2. The monoisotopic (exact) mass is 451 g/mol. The molecule has 0 amide bonds. The fourth-order valence-corrected chi connectivity index (χ4v) is 4.50. The first-order valence-corrected chi connectivity index (χ1v) is 11.0. The molecule has 0 aliphatic carbocycles. The zero-order valence-corrected chi connectivity index (χ0v) is 18.0. The summed E-state index contributed by atoms with van der Waals surface area (Å²) in [5.41, 5.74) is 2.99. The molecule has 3 heterocycles. The molecule has 5 aromatic rings. The molecule has 6 nitrogen and oxygen atoms in total. The second kappa shape index (κ2) is 8.58. The van der Waals surface area contributed by atoms with Crippen molar-refractivity contribution in [3.05, 3.63) is 84.1 Å². The van der Waals surface area contributed by atoms with Crippen molar-refractivity contribution >= 4 is 22.8 Å². The first-order valence-electron chi connectivity index (χ1n) is 9.99. The minimum atomic E-state index is -2.68. The van der Waals surface area contributed by atoms with Gasteiger partial charge in [0.25, 0.3) is 0 Å². The Hall–Kier alpha value is -3.46. The molecule has 3 aromatic heterocycles. The van der Waals surface area contributed by atoms with Crippen molar-refractivity contribution in [3.63, 3.8) is 0 Å². The van der Waals surface area contributed by atoms with Crippen LogP contribution in [0.3, 0.4) is 0 Å². The lowest BCUT2D eigenvalue weighted by molar-refractivity contribution is 0.0722. The molecule has 0 unspecified atom stereocenters. The predicted octanol–water partition coefficient (Wildman–Crippen LogP) is 5.93. The van der Waals surface area contributed by atoms with Gasteiger partial charge in [-0.25, -0.2) is 4.98 Å². The second-order valence-electron chi connectivity index (χ2n) is 7.29. The minimum absolute atomic E-state index is 0.225. The van der Waals surface area contributed by atoms with Crippen LogP contribution in [0.25, 0.3) is 22.4 Å². The number of fused-ring (bicyclic) bond motifs is 1. The molecule has 9 heteroatoms. The van der Waals surface area contributed by atoms with Gasteiger partial charge in [-0.2, -0.15) is 8.78 Å². The Morgan fingerprint density at radius 2 is 1.91 bits per heavy atom. The number of benzene rings is 2. The lowest BCUT2D eigenvalue weighted by Gasteiger charge is -2.10. The quantitative estimate of drug-likeness (QED) is 0.287. The number of imidazole rings is 1. The molecule has 2 aromatic carbocycles. The van der Waals surface area contributed by atoms with E-state index >= 15 is 0 Å². The number of hydrogen-bond acceptors (Lipinski definition) is 5. The highest BCUT2D eigenvalue weighted by Crippen LogP contribution is 2.30. The molecule has 0 radical (unpaired) electrons. The number of halogens is 2. The highest BCUT2D eigenvalue weighted by molar-refractivity contribution is 7.98. The molecule has 0 saturated heterocycles. The van der Waals surface area contributed by atoms with Crippen LogP contribution in [0.1, 0.15) is 23.7 Å². The molecule has 0 fully saturated rings. The number of nitrogens with zero attached hydrogens (tertiary/aromatic N) is 5. The van der Waals surface area contributed by atoms with Crippen molar-refractivity contribution in [3.8, 4) is 11.4 Å². The molecular formula is C23H19F2N5OS. The third-order valence-corrected chi connectivity index (χ3v) is 6.04. The summed E-state index contributed by atoms with van der Waals surface area (Å²) < 4.78 is 36.0. The van der Waals surface area contributed by atoms with Gasteiger partial charge in [-0.1, -0.05) is 47.7 Å². The normalized spacial score (nSPS) is 11.6. The summed E-state index contributed by atoms with van der Waals surface area (Å²) in [6.45, 7) is -0.236. The van der Waals surface area contributed by atoms with Crippen molar-refractivity contribution < 1.29 is 13.2 Å². The third-order valence-electron chi connectivity index (χ3n) is 5.08. The maximum absolute atomic E-state index is 13.8. The molecule has 0 spiro atoms. The molecule has 0 saturated carbocycles. The van der Waals surface area contributed by atoms with Gasteiger partial charge in [0.15, 0.2) is 11.0 Å². The zero-order chi connectivity index (χ0) is 22.1. The Morgan fingerprint density at radius 1 is 1.03 bits per heavy atom. The molecule has 0 N–H and O–H groups in total. The number of para-hydroxylation sites is 2. The van der Waals surface area contributed by atoms with Crippen molar-refractivity contribution in [1.29, 1.82) is 0 Å². The second-order valence-corrected chi connectivity index (χ2v) is 8.24. The lowest BCUT2D eigenvalue weighted by Crippen LogP contribution is -2.06. The Bertz CT molecular complexity index is 1360. The van der Waals surface area contributed by atoms with E-state index in [1.165, 1.54) is 11.8 Å². The molecule has 162 valence electrons. The van der Waals surface area contributed by atoms with E-state index in [2.05, 4.69) is 15.2 Å². The lowest BCUT2D eigenvalue weighted by atomic mass is 10.1. The van der Waals surface area contributed by atoms with E-state index in [9.17, 15) is 8.78 Å². The number of hydrogen-bond donors (Lipinski definition) is 0. The highest BCUT2D eigenvalue weighted by Gasteiger charge is 2.20. The fourth-order valence-electron chi connectivity index (χ4n) is 3.64. The summed E-state index contributed by atoms with van der Waals surface area (Å²) in [6, 6.07) is 18.6. The van der Waals surface area contributed by atoms with Crippen LogP contribution in [0.5, 0.6) is 0 Å². The SMILES string of the molecule is Cc1cccc(-c2nnc(SCc3nc4ccccc4n3C(F)F)n2Cc2ccco2)c1. The van der Waals surface area contributed by atoms with Gasteiger partial charge in [0.2, 0.25) is 0 Å². The summed E-state index contributed by atoms with van der Waals surface area (Å²) in [5.74, 6) is 1.95. The first-order chi connectivity index (χ1) is 15.6. The van der Waals surface area contributed by atoms with Crippen molar-refractivity contribution in [2.45, 2.75) is 30.9 Å². The molecule has 0 aliphatic rings. The van der Waals surface area contributed by atoms with Crippen molar-refractivity contribution in [2.24, 2.45) is 0 Å². The van der Waals surface area contributed by atoms with Crippen LogP contribution in [0.2, 0.25) is 0 Å². The summed E-state index contributed by atoms with van der Waals surface area (Å²) in [6.07, 6.45) is 1.61. The number of alkyl halides is 2. The predicted molar refractivity (Wildman–Crippen MR) is 119 cm³/mol. The summed E-state index contributed by atoms with van der Waals surface area (Å²) >= 11 is 1.32. The van der Waals surface area contributed by atoms with E-state index in [1.807, 2.05) is 47.9 Å². The first kappa shape index (κ1) is 20.4. The molecular weight excluding hydrogens is 432 g/mol. The Kier molecular flexibility index (Phi) is 5.48.